The highest BCUT2D eigenvalue weighted by Crippen LogP contribution is 2.07. The number of nitrogens with one attached hydrogen (secondary N) is 1. The minimum absolute atomic E-state index is 0.159. The summed E-state index contributed by atoms with van der Waals surface area (Å²) in [5, 5.41) is 4.17. The summed E-state index contributed by atoms with van der Waals surface area (Å²) < 4.78 is 1.85. The van der Waals surface area contributed by atoms with Crippen LogP contribution < -0.4 is 9.99 Å². The van der Waals surface area contributed by atoms with Gasteiger partial charge in [-0.3, -0.25) is 4.79 Å². The fraction of sp³-hybridized carbons (Fsp3) is 0.588. The highest BCUT2D eigenvalue weighted by Gasteiger charge is 2.07. The maximum Gasteiger partial charge on any atom is 0.277 e. The first-order chi connectivity index (χ1) is 10.1. The summed E-state index contributed by atoms with van der Waals surface area (Å²) in [6.07, 6.45) is 12.3. The normalized spacial score (nSPS) is 11.5. The topological polar surface area (TPSA) is 45.3 Å². The molecule has 116 valence electrons. The predicted octanol–water partition coefficient (Wildman–Crippen LogP) is 3.37. The molecule has 1 heterocycles. The van der Waals surface area contributed by atoms with Crippen molar-refractivity contribution in [1.82, 2.24) is 5.43 Å². The molecule has 0 aliphatic rings. The Morgan fingerprint density at radius 3 is 2.67 bits per heavy atom. The van der Waals surface area contributed by atoms with E-state index in [9.17, 15) is 4.79 Å². The zero-order valence-electron chi connectivity index (χ0n) is 13.6. The van der Waals surface area contributed by atoms with Gasteiger partial charge in [0.15, 0.2) is 12.4 Å². The number of hydrogen-bond acceptors (Lipinski definition) is 2. The van der Waals surface area contributed by atoms with Crippen LogP contribution in [0.3, 0.4) is 0 Å². The van der Waals surface area contributed by atoms with Crippen LogP contribution in [0.2, 0.25) is 0 Å². The van der Waals surface area contributed by atoms with E-state index < -0.39 is 0 Å². The first-order valence-electron chi connectivity index (χ1n) is 7.92. The molecule has 1 N–H and O–H groups in total. The van der Waals surface area contributed by atoms with Gasteiger partial charge < -0.3 is 0 Å². The van der Waals surface area contributed by atoms with E-state index >= 15 is 0 Å². The van der Waals surface area contributed by atoms with Crippen LogP contribution in [0.4, 0.5) is 0 Å². The zero-order valence-corrected chi connectivity index (χ0v) is 13.6. The molecule has 21 heavy (non-hydrogen) atoms. The summed E-state index contributed by atoms with van der Waals surface area (Å²) in [7, 11) is 1.89. The van der Waals surface area contributed by atoms with Crippen molar-refractivity contribution in [2.45, 2.75) is 58.8 Å². The number of aryl methyl sites for hydroxylation is 1. The first-order valence-corrected chi connectivity index (χ1v) is 7.92. The molecule has 0 unspecified atom stereocenters. The molecule has 0 aromatic carbocycles. The minimum Gasteiger partial charge on any atom is -0.267 e. The lowest BCUT2D eigenvalue weighted by atomic mass is 10.1. The molecular formula is C17H28N3O+. The highest BCUT2D eigenvalue weighted by molar-refractivity contribution is 5.94. The number of carbonyl (C=O) groups excluding carboxylic acids is 1. The summed E-state index contributed by atoms with van der Waals surface area (Å²) in [4.78, 5) is 11.9. The average molecular weight is 290 g/mol. The third-order valence-corrected chi connectivity index (χ3v) is 3.44. The van der Waals surface area contributed by atoms with Crippen LogP contribution in [-0.4, -0.2) is 11.6 Å². The Morgan fingerprint density at radius 2 is 1.95 bits per heavy atom. The fourth-order valence-corrected chi connectivity index (χ4v) is 2.15. The quantitative estimate of drug-likeness (QED) is 0.322. The lowest BCUT2D eigenvalue weighted by Gasteiger charge is -2.03. The summed E-state index contributed by atoms with van der Waals surface area (Å²) in [5.74, 6) is -0.159. The standard InChI is InChI=1S/C17H27N3O/c1-4-5-6-7-8-9-11-15(2)18-19-17(21)16-12-10-13-20(3)14-16/h10,12-14H,4-9,11H2,1-3H3/p+1/b18-15+. The number of rotatable bonds is 9. The van der Waals surface area contributed by atoms with Crippen molar-refractivity contribution >= 4 is 11.6 Å². The van der Waals surface area contributed by atoms with Crippen LogP contribution in [0, 0.1) is 0 Å². The molecule has 0 radical (unpaired) electrons. The van der Waals surface area contributed by atoms with Crippen molar-refractivity contribution in [2.24, 2.45) is 12.1 Å². The van der Waals surface area contributed by atoms with E-state index in [4.69, 9.17) is 0 Å². The molecule has 0 aliphatic heterocycles. The molecule has 0 fully saturated rings. The van der Waals surface area contributed by atoms with Gasteiger partial charge in [0.2, 0.25) is 0 Å². The maximum atomic E-state index is 11.9. The Bertz CT molecular complexity index is 469. The van der Waals surface area contributed by atoms with E-state index in [1.54, 1.807) is 12.3 Å². The average Bonchev–Trinajstić information content (AvgIpc) is 2.48. The number of hydrazone groups is 1. The van der Waals surface area contributed by atoms with Crippen LogP contribution in [-0.2, 0) is 7.05 Å². The van der Waals surface area contributed by atoms with Gasteiger partial charge in [-0.05, 0) is 25.8 Å². The van der Waals surface area contributed by atoms with Crippen molar-refractivity contribution < 1.29 is 9.36 Å². The first kappa shape index (κ1) is 17.3. The van der Waals surface area contributed by atoms with E-state index in [-0.39, 0.29) is 5.91 Å². The van der Waals surface area contributed by atoms with Gasteiger partial charge in [-0.25, -0.2) is 9.99 Å². The van der Waals surface area contributed by atoms with Gasteiger partial charge in [0.25, 0.3) is 5.91 Å². The van der Waals surface area contributed by atoms with Gasteiger partial charge in [-0.15, -0.1) is 0 Å². The van der Waals surface area contributed by atoms with E-state index in [2.05, 4.69) is 17.5 Å². The fourth-order valence-electron chi connectivity index (χ4n) is 2.15. The van der Waals surface area contributed by atoms with Crippen molar-refractivity contribution in [3.05, 3.63) is 30.1 Å². The molecule has 0 bridgehead atoms. The minimum atomic E-state index is -0.159. The third-order valence-electron chi connectivity index (χ3n) is 3.44. The van der Waals surface area contributed by atoms with E-state index in [1.165, 1.54) is 32.1 Å². The number of pyridine rings is 1. The summed E-state index contributed by atoms with van der Waals surface area (Å²) in [5.41, 5.74) is 4.23. The summed E-state index contributed by atoms with van der Waals surface area (Å²) >= 11 is 0. The second-order valence-electron chi connectivity index (χ2n) is 5.56. The summed E-state index contributed by atoms with van der Waals surface area (Å²) in [6.45, 7) is 4.20. The van der Waals surface area contributed by atoms with Crippen LogP contribution >= 0.6 is 0 Å². The molecule has 0 aliphatic carbocycles. The Kier molecular flexibility index (Phi) is 8.32. The van der Waals surface area contributed by atoms with E-state index in [0.717, 1.165) is 18.6 Å². The molecule has 1 amide bonds. The van der Waals surface area contributed by atoms with Gasteiger partial charge >= 0.3 is 0 Å². The zero-order chi connectivity index (χ0) is 15.5. The largest absolute Gasteiger partial charge is 0.277 e. The number of carbonyl (C=O) groups is 1. The Balaban J connectivity index is 2.27. The third kappa shape index (κ3) is 7.59. The van der Waals surface area contributed by atoms with Crippen molar-refractivity contribution in [2.75, 3.05) is 0 Å². The lowest BCUT2D eigenvalue weighted by molar-refractivity contribution is -0.671. The molecule has 0 saturated heterocycles. The second kappa shape index (κ2) is 10.1. The number of amides is 1. The number of unbranched alkanes of at least 4 members (excludes halogenated alkanes) is 5. The predicted molar refractivity (Wildman–Crippen MR) is 86.2 cm³/mol. The van der Waals surface area contributed by atoms with Crippen LogP contribution in [0.25, 0.3) is 0 Å². The monoisotopic (exact) mass is 290 g/mol. The van der Waals surface area contributed by atoms with Gasteiger partial charge in [0.05, 0.1) is 0 Å². The van der Waals surface area contributed by atoms with E-state index in [1.807, 2.05) is 30.8 Å². The molecule has 0 spiro atoms. The van der Waals surface area contributed by atoms with E-state index in [0.29, 0.717) is 5.56 Å². The molecule has 1 aromatic rings. The van der Waals surface area contributed by atoms with Gasteiger partial charge in [0, 0.05) is 11.8 Å². The van der Waals surface area contributed by atoms with Gasteiger partial charge in [-0.1, -0.05) is 39.0 Å². The van der Waals surface area contributed by atoms with Crippen molar-refractivity contribution in [3.8, 4) is 0 Å². The lowest BCUT2D eigenvalue weighted by Crippen LogP contribution is -2.30. The van der Waals surface area contributed by atoms with Crippen LogP contribution in [0.5, 0.6) is 0 Å². The molecule has 1 rings (SSSR count). The molecule has 1 aromatic heterocycles. The van der Waals surface area contributed by atoms with Crippen molar-refractivity contribution in [3.63, 3.8) is 0 Å². The summed E-state index contributed by atoms with van der Waals surface area (Å²) in [6, 6.07) is 3.63. The molecule has 4 heteroatoms. The van der Waals surface area contributed by atoms with Crippen LogP contribution in [0.1, 0.15) is 69.2 Å². The number of nitrogens with zero attached hydrogens (tertiary/aromatic N) is 2. The molecule has 0 atom stereocenters. The SMILES string of the molecule is CCCCCCCC/C(C)=N/NC(=O)c1ccc[n+](C)c1. The van der Waals surface area contributed by atoms with Crippen molar-refractivity contribution in [1.29, 1.82) is 0 Å². The van der Waals surface area contributed by atoms with Crippen LogP contribution in [0.15, 0.2) is 29.6 Å². The molecular weight excluding hydrogens is 262 g/mol. The number of hydrogen-bond donors (Lipinski definition) is 1. The van der Waals surface area contributed by atoms with Gasteiger partial charge in [0.1, 0.15) is 12.6 Å². The second-order valence-corrected chi connectivity index (χ2v) is 5.56. The Labute approximate surface area is 128 Å². The Hall–Kier alpha value is -1.71. The smallest absolute Gasteiger partial charge is 0.267 e. The molecule has 4 nitrogen and oxygen atoms in total. The van der Waals surface area contributed by atoms with Gasteiger partial charge in [-0.2, -0.15) is 5.10 Å². The number of aromatic nitrogens is 1. The Morgan fingerprint density at radius 1 is 1.24 bits per heavy atom. The maximum absolute atomic E-state index is 11.9. The highest BCUT2D eigenvalue weighted by atomic mass is 16.2. The molecule has 0 saturated carbocycles.